The highest BCUT2D eigenvalue weighted by Crippen LogP contribution is 2.38. The van der Waals surface area contributed by atoms with Crippen molar-refractivity contribution >= 4 is 11.9 Å². The molecule has 2 rings (SSSR count). The first-order valence-electron chi connectivity index (χ1n) is 9.35. The van der Waals surface area contributed by atoms with E-state index in [0.29, 0.717) is 31.3 Å². The zero-order valence-corrected chi connectivity index (χ0v) is 15.8. The fraction of sp³-hybridized carbons (Fsp3) is 0.700. The summed E-state index contributed by atoms with van der Waals surface area (Å²) in [5.41, 5.74) is 0.911. The molecular weight excluding hydrogens is 336 g/mol. The van der Waals surface area contributed by atoms with Gasteiger partial charge in [0.25, 0.3) is 0 Å². The second-order valence-electron chi connectivity index (χ2n) is 7.46. The van der Waals surface area contributed by atoms with E-state index in [1.165, 1.54) is 0 Å². The molecule has 1 saturated heterocycles. The van der Waals surface area contributed by atoms with Crippen LogP contribution in [0.5, 0.6) is 0 Å². The molecule has 1 heterocycles. The van der Waals surface area contributed by atoms with E-state index in [2.05, 4.69) is 6.58 Å². The van der Waals surface area contributed by atoms with Crippen LogP contribution < -0.4 is 0 Å². The SMILES string of the molecule is C=C1C(=O)O[C@@H]2[C@@H]1[C@@H](OC(=O)[C@H](C)CC)C[C@@H](CO)CC/C=C(\C)[C@H]2O. The van der Waals surface area contributed by atoms with Gasteiger partial charge in [-0.25, -0.2) is 4.79 Å². The maximum absolute atomic E-state index is 12.4. The summed E-state index contributed by atoms with van der Waals surface area (Å²) in [6, 6.07) is 0. The Kier molecular flexibility index (Phi) is 7.01. The molecule has 1 fully saturated rings. The first kappa shape index (κ1) is 20.6. The summed E-state index contributed by atoms with van der Waals surface area (Å²) in [6.45, 7) is 9.26. The molecule has 0 aromatic rings. The van der Waals surface area contributed by atoms with Crippen molar-refractivity contribution in [2.75, 3.05) is 6.61 Å². The molecule has 0 radical (unpaired) electrons. The number of allylic oxidation sites excluding steroid dienone is 1. The van der Waals surface area contributed by atoms with Crippen LogP contribution in [0.15, 0.2) is 23.8 Å². The third kappa shape index (κ3) is 4.35. The van der Waals surface area contributed by atoms with Gasteiger partial charge in [-0.2, -0.15) is 0 Å². The molecule has 0 aromatic heterocycles. The van der Waals surface area contributed by atoms with Crippen LogP contribution in [0, 0.1) is 17.8 Å². The quantitative estimate of drug-likeness (QED) is 0.450. The zero-order valence-electron chi connectivity index (χ0n) is 15.8. The molecule has 1 aliphatic heterocycles. The molecule has 0 amide bonds. The van der Waals surface area contributed by atoms with Crippen LogP contribution in [-0.2, 0) is 19.1 Å². The number of fused-ring (bicyclic) bond motifs is 1. The van der Waals surface area contributed by atoms with Crippen molar-refractivity contribution in [2.24, 2.45) is 17.8 Å². The van der Waals surface area contributed by atoms with Gasteiger partial charge in [0.1, 0.15) is 18.3 Å². The molecule has 0 aromatic carbocycles. The van der Waals surface area contributed by atoms with Gasteiger partial charge in [-0.05, 0) is 44.1 Å². The molecule has 2 aliphatic rings. The van der Waals surface area contributed by atoms with Crippen LogP contribution in [0.1, 0.15) is 46.5 Å². The summed E-state index contributed by atoms with van der Waals surface area (Å²) >= 11 is 0. The van der Waals surface area contributed by atoms with E-state index < -0.39 is 30.2 Å². The largest absolute Gasteiger partial charge is 0.461 e. The number of carbonyl (C=O) groups is 2. The minimum absolute atomic E-state index is 0.0362. The van der Waals surface area contributed by atoms with Gasteiger partial charge in [-0.3, -0.25) is 4.79 Å². The average Bonchev–Trinajstić information content (AvgIpc) is 2.92. The van der Waals surface area contributed by atoms with Crippen LogP contribution in [0.4, 0.5) is 0 Å². The maximum atomic E-state index is 12.4. The number of hydrogen-bond acceptors (Lipinski definition) is 6. The number of hydrogen-bond donors (Lipinski definition) is 2. The topological polar surface area (TPSA) is 93.1 Å². The smallest absolute Gasteiger partial charge is 0.334 e. The van der Waals surface area contributed by atoms with Crippen molar-refractivity contribution in [1.29, 1.82) is 0 Å². The van der Waals surface area contributed by atoms with E-state index in [9.17, 15) is 19.8 Å². The molecule has 146 valence electrons. The van der Waals surface area contributed by atoms with Crippen LogP contribution in [-0.4, -0.2) is 47.1 Å². The first-order chi connectivity index (χ1) is 12.3. The van der Waals surface area contributed by atoms with Gasteiger partial charge in [0.05, 0.1) is 11.8 Å². The number of carbonyl (C=O) groups excluding carboxylic acids is 2. The summed E-state index contributed by atoms with van der Waals surface area (Å²) in [6.07, 6.45) is 1.86. The molecule has 0 unspecified atom stereocenters. The van der Waals surface area contributed by atoms with Crippen molar-refractivity contribution in [2.45, 2.75) is 64.8 Å². The highest BCUT2D eigenvalue weighted by Gasteiger charge is 2.49. The fourth-order valence-electron chi connectivity index (χ4n) is 3.54. The van der Waals surface area contributed by atoms with Gasteiger partial charge in [0.2, 0.25) is 0 Å². The average molecular weight is 366 g/mol. The number of esters is 2. The third-order valence-corrected chi connectivity index (χ3v) is 5.59. The summed E-state index contributed by atoms with van der Waals surface area (Å²) < 4.78 is 11.1. The highest BCUT2D eigenvalue weighted by atomic mass is 16.6. The molecule has 0 bridgehead atoms. The van der Waals surface area contributed by atoms with Gasteiger partial charge in [0.15, 0.2) is 0 Å². The lowest BCUT2D eigenvalue weighted by molar-refractivity contribution is -0.160. The van der Waals surface area contributed by atoms with E-state index in [4.69, 9.17) is 9.47 Å². The summed E-state index contributed by atoms with van der Waals surface area (Å²) in [5, 5.41) is 20.4. The number of rotatable bonds is 4. The monoisotopic (exact) mass is 366 g/mol. The Bertz CT molecular complexity index is 581. The molecular formula is C20H30O6. The predicted molar refractivity (Wildman–Crippen MR) is 96.0 cm³/mol. The van der Waals surface area contributed by atoms with Crippen LogP contribution in [0.2, 0.25) is 0 Å². The Labute approximate surface area is 154 Å². The zero-order chi connectivity index (χ0) is 19.4. The van der Waals surface area contributed by atoms with Crippen LogP contribution in [0.25, 0.3) is 0 Å². The third-order valence-electron chi connectivity index (χ3n) is 5.59. The Balaban J connectivity index is 2.39. The standard InChI is InChI=1S/C20H30O6/c1-5-11(2)19(23)25-15-9-14(10-21)8-6-7-12(3)17(22)18-16(15)13(4)20(24)26-18/h7,11,14-18,21-22H,4-6,8-10H2,1-3H3/b12-7+/t11-,14+,15+,16+,17-,18-/m1/s1. The second-order valence-corrected chi connectivity index (χ2v) is 7.46. The van der Waals surface area contributed by atoms with Gasteiger partial charge in [-0.1, -0.05) is 26.5 Å². The van der Waals surface area contributed by atoms with Gasteiger partial charge >= 0.3 is 11.9 Å². The Morgan fingerprint density at radius 2 is 2.19 bits per heavy atom. The molecule has 6 heteroatoms. The number of aliphatic hydroxyl groups is 2. The molecule has 0 spiro atoms. The Morgan fingerprint density at radius 3 is 2.81 bits per heavy atom. The molecule has 0 saturated carbocycles. The van der Waals surface area contributed by atoms with Crippen LogP contribution >= 0.6 is 0 Å². The van der Waals surface area contributed by atoms with Crippen LogP contribution in [0.3, 0.4) is 0 Å². The first-order valence-corrected chi connectivity index (χ1v) is 9.35. The maximum Gasteiger partial charge on any atom is 0.334 e. The molecule has 2 N–H and O–H groups in total. The minimum Gasteiger partial charge on any atom is -0.461 e. The molecule has 26 heavy (non-hydrogen) atoms. The summed E-state index contributed by atoms with van der Waals surface area (Å²) in [4.78, 5) is 24.5. The molecule has 1 aliphatic carbocycles. The van der Waals surface area contributed by atoms with Gasteiger partial charge < -0.3 is 19.7 Å². The van der Waals surface area contributed by atoms with Crippen molar-refractivity contribution < 1.29 is 29.3 Å². The normalized spacial score (nSPS) is 35.7. The lowest BCUT2D eigenvalue weighted by atomic mass is 9.80. The van der Waals surface area contributed by atoms with E-state index in [0.717, 1.165) is 0 Å². The van der Waals surface area contributed by atoms with Gasteiger partial charge in [-0.15, -0.1) is 0 Å². The molecule has 6 nitrogen and oxygen atoms in total. The number of ether oxygens (including phenoxy) is 2. The van der Waals surface area contributed by atoms with Gasteiger partial charge in [0, 0.05) is 12.2 Å². The fourth-order valence-corrected chi connectivity index (χ4v) is 3.54. The van der Waals surface area contributed by atoms with E-state index in [1.54, 1.807) is 13.8 Å². The Morgan fingerprint density at radius 1 is 1.50 bits per heavy atom. The highest BCUT2D eigenvalue weighted by molar-refractivity contribution is 5.91. The summed E-state index contributed by atoms with van der Waals surface area (Å²) in [7, 11) is 0. The lowest BCUT2D eigenvalue weighted by Gasteiger charge is -2.33. The van der Waals surface area contributed by atoms with E-state index in [-0.39, 0.29) is 30.0 Å². The van der Waals surface area contributed by atoms with E-state index in [1.807, 2.05) is 13.0 Å². The predicted octanol–water partition coefficient (Wildman–Crippen LogP) is 2.14. The van der Waals surface area contributed by atoms with Crippen molar-refractivity contribution in [3.63, 3.8) is 0 Å². The number of aliphatic hydroxyl groups excluding tert-OH is 2. The minimum atomic E-state index is -0.973. The lowest BCUT2D eigenvalue weighted by Crippen LogP contribution is -2.42. The summed E-state index contributed by atoms with van der Waals surface area (Å²) in [5.74, 6) is -1.89. The Hall–Kier alpha value is -1.66. The molecule has 6 atom stereocenters. The van der Waals surface area contributed by atoms with Crippen molar-refractivity contribution in [3.05, 3.63) is 23.8 Å². The second kappa shape index (κ2) is 8.82. The van der Waals surface area contributed by atoms with Crippen molar-refractivity contribution in [3.8, 4) is 0 Å². The van der Waals surface area contributed by atoms with Crippen molar-refractivity contribution in [1.82, 2.24) is 0 Å². The van der Waals surface area contributed by atoms with E-state index >= 15 is 0 Å².